The van der Waals surface area contributed by atoms with E-state index in [1.54, 1.807) is 6.26 Å². The van der Waals surface area contributed by atoms with E-state index in [4.69, 9.17) is 9.73 Å². The highest BCUT2D eigenvalue weighted by molar-refractivity contribution is 5.96. The molecule has 1 aliphatic carbocycles. The molecule has 1 aromatic carbocycles. The molecule has 0 bridgehead atoms. The molecule has 0 amide bonds. The van der Waals surface area contributed by atoms with Crippen LogP contribution in [0.3, 0.4) is 0 Å². The van der Waals surface area contributed by atoms with Crippen LogP contribution in [0.2, 0.25) is 0 Å². The topological polar surface area (TPSA) is 57.1 Å². The molecular weight excluding hydrogens is 338 g/mol. The Balaban J connectivity index is 1.56. The number of nitrogens with one attached hydrogen (secondary N) is 1. The number of hydrogen-bond acceptors (Lipinski definition) is 5. The normalized spacial score (nSPS) is 26.7. The zero-order chi connectivity index (χ0) is 19.0. The zero-order valence-corrected chi connectivity index (χ0v) is 16.1. The van der Waals surface area contributed by atoms with Crippen molar-refractivity contribution in [2.45, 2.75) is 51.4 Å². The van der Waals surface area contributed by atoms with E-state index >= 15 is 0 Å². The third-order valence-corrected chi connectivity index (χ3v) is 5.29. The number of rotatable bonds is 4. The number of nitrogens with zero attached hydrogens (tertiary/aromatic N) is 2. The van der Waals surface area contributed by atoms with E-state index in [2.05, 4.69) is 29.7 Å². The van der Waals surface area contributed by atoms with Crippen molar-refractivity contribution < 1.29 is 9.84 Å². The lowest BCUT2D eigenvalue weighted by Crippen LogP contribution is -2.64. The Labute approximate surface area is 160 Å². The summed E-state index contributed by atoms with van der Waals surface area (Å²) in [6, 6.07) is 10.3. The largest absolute Gasteiger partial charge is 0.465 e. The van der Waals surface area contributed by atoms with E-state index in [0.717, 1.165) is 42.0 Å². The molecule has 2 atom stereocenters. The van der Waals surface area contributed by atoms with Crippen molar-refractivity contribution in [3.05, 3.63) is 71.2 Å². The van der Waals surface area contributed by atoms with E-state index in [1.165, 1.54) is 5.56 Å². The first-order valence-corrected chi connectivity index (χ1v) is 9.53. The quantitative estimate of drug-likeness (QED) is 0.861. The average molecular weight is 365 g/mol. The molecule has 2 unspecified atom stereocenters. The highest BCUT2D eigenvalue weighted by Gasteiger charge is 2.44. The lowest BCUT2D eigenvalue weighted by Gasteiger charge is -2.46. The van der Waals surface area contributed by atoms with Crippen LogP contribution in [0.5, 0.6) is 0 Å². The molecule has 0 spiro atoms. The van der Waals surface area contributed by atoms with Gasteiger partial charge in [-0.3, -0.25) is 10.4 Å². The van der Waals surface area contributed by atoms with Gasteiger partial charge in [0.25, 0.3) is 0 Å². The zero-order valence-electron chi connectivity index (χ0n) is 16.1. The van der Waals surface area contributed by atoms with Gasteiger partial charge in [0.05, 0.1) is 17.8 Å². The van der Waals surface area contributed by atoms with Crippen molar-refractivity contribution >= 4 is 5.71 Å². The maximum atomic E-state index is 10.9. The molecule has 0 saturated heterocycles. The number of ether oxygens (including phenoxy) is 1. The van der Waals surface area contributed by atoms with Crippen molar-refractivity contribution in [1.82, 2.24) is 10.4 Å². The van der Waals surface area contributed by atoms with Crippen LogP contribution in [0.4, 0.5) is 0 Å². The molecule has 2 aliphatic heterocycles. The second-order valence-corrected chi connectivity index (χ2v) is 7.98. The van der Waals surface area contributed by atoms with E-state index in [1.807, 2.05) is 44.0 Å². The van der Waals surface area contributed by atoms with Gasteiger partial charge in [-0.2, -0.15) is 0 Å². The van der Waals surface area contributed by atoms with Gasteiger partial charge in [0.2, 0.25) is 0 Å². The fourth-order valence-corrected chi connectivity index (χ4v) is 3.86. The maximum Gasteiger partial charge on any atom is 0.145 e. The molecule has 142 valence electrons. The van der Waals surface area contributed by atoms with E-state index < -0.39 is 11.8 Å². The lowest BCUT2D eigenvalue weighted by molar-refractivity contribution is -0.0832. The Morgan fingerprint density at radius 2 is 2.07 bits per heavy atom. The number of aliphatic hydroxyl groups excluding tert-OH is 1. The third-order valence-electron chi connectivity index (χ3n) is 5.29. The molecule has 1 aromatic rings. The van der Waals surface area contributed by atoms with Gasteiger partial charge in [-0.05, 0) is 50.5 Å². The van der Waals surface area contributed by atoms with Crippen LogP contribution in [0.1, 0.15) is 32.8 Å². The smallest absolute Gasteiger partial charge is 0.145 e. The first-order valence-electron chi connectivity index (χ1n) is 9.53. The van der Waals surface area contributed by atoms with Gasteiger partial charge in [0, 0.05) is 24.3 Å². The van der Waals surface area contributed by atoms with E-state index in [0.29, 0.717) is 0 Å². The van der Waals surface area contributed by atoms with Crippen LogP contribution in [-0.4, -0.2) is 40.2 Å². The third kappa shape index (κ3) is 3.63. The summed E-state index contributed by atoms with van der Waals surface area (Å²) < 4.78 is 5.79. The van der Waals surface area contributed by atoms with Crippen molar-refractivity contribution in [2.75, 3.05) is 6.54 Å². The number of allylic oxidation sites excluding steroid dienone is 3. The first kappa shape index (κ1) is 18.2. The molecule has 0 fully saturated rings. The van der Waals surface area contributed by atoms with Crippen LogP contribution < -0.4 is 5.43 Å². The highest BCUT2D eigenvalue weighted by atomic mass is 16.5. The number of aliphatic hydroxyl groups is 1. The molecule has 0 saturated carbocycles. The molecule has 2 heterocycles. The number of hydrazine groups is 1. The van der Waals surface area contributed by atoms with Gasteiger partial charge in [-0.25, -0.2) is 5.01 Å². The SMILES string of the molecule is CC1=COC2=CC3C(=NC(C)(C)C(O)N3NCCc3ccccc3)CC2=C1. The van der Waals surface area contributed by atoms with Crippen LogP contribution in [0.15, 0.2) is 70.6 Å². The minimum atomic E-state index is -0.717. The van der Waals surface area contributed by atoms with Crippen LogP contribution in [-0.2, 0) is 11.2 Å². The Hall–Kier alpha value is -2.21. The predicted octanol–water partition coefficient (Wildman–Crippen LogP) is 3.10. The summed E-state index contributed by atoms with van der Waals surface area (Å²) in [5.74, 6) is 0.867. The Morgan fingerprint density at radius 3 is 2.85 bits per heavy atom. The summed E-state index contributed by atoms with van der Waals surface area (Å²) in [5, 5.41) is 12.9. The van der Waals surface area contributed by atoms with Crippen LogP contribution >= 0.6 is 0 Å². The Bertz CT molecular complexity index is 836. The lowest BCUT2D eigenvalue weighted by atomic mass is 9.87. The molecule has 0 aromatic heterocycles. The van der Waals surface area contributed by atoms with Gasteiger partial charge in [-0.1, -0.05) is 30.3 Å². The standard InChI is InChI=1S/C22H27N3O2/c1-15-11-17-12-18-19(13-20(17)27-14-15)25(21(26)22(2,3)24-18)23-10-9-16-7-5-4-6-8-16/h4-8,11,13-14,19,21,23,26H,9-10,12H2,1-3H3. The van der Waals surface area contributed by atoms with Crippen LogP contribution in [0, 0.1) is 0 Å². The number of aliphatic imine (C=N–C) groups is 1. The van der Waals surface area contributed by atoms with Crippen molar-refractivity contribution in [1.29, 1.82) is 0 Å². The van der Waals surface area contributed by atoms with Crippen molar-refractivity contribution in [3.63, 3.8) is 0 Å². The molecule has 4 rings (SSSR count). The summed E-state index contributed by atoms with van der Waals surface area (Å²) in [7, 11) is 0. The summed E-state index contributed by atoms with van der Waals surface area (Å²) in [6.45, 7) is 6.72. The van der Waals surface area contributed by atoms with Crippen molar-refractivity contribution in [2.24, 2.45) is 4.99 Å². The minimum Gasteiger partial charge on any atom is -0.465 e. The van der Waals surface area contributed by atoms with Gasteiger partial charge in [0.1, 0.15) is 12.0 Å². The van der Waals surface area contributed by atoms with Crippen molar-refractivity contribution in [3.8, 4) is 0 Å². The highest BCUT2D eigenvalue weighted by Crippen LogP contribution is 2.35. The van der Waals surface area contributed by atoms with Crippen LogP contribution in [0.25, 0.3) is 0 Å². The van der Waals surface area contributed by atoms with Gasteiger partial charge < -0.3 is 9.84 Å². The second kappa shape index (κ2) is 7.08. The first-order chi connectivity index (χ1) is 12.9. The summed E-state index contributed by atoms with van der Waals surface area (Å²) in [4.78, 5) is 4.87. The van der Waals surface area contributed by atoms with E-state index in [-0.39, 0.29) is 6.04 Å². The van der Waals surface area contributed by atoms with E-state index in [9.17, 15) is 5.11 Å². The molecule has 27 heavy (non-hydrogen) atoms. The molecule has 3 aliphatic rings. The minimum absolute atomic E-state index is 0.109. The Morgan fingerprint density at radius 1 is 1.30 bits per heavy atom. The summed E-state index contributed by atoms with van der Waals surface area (Å²) in [6.07, 6.45) is 6.90. The molecule has 5 heteroatoms. The number of benzene rings is 1. The monoisotopic (exact) mass is 365 g/mol. The summed E-state index contributed by atoms with van der Waals surface area (Å²) in [5.41, 5.74) is 7.47. The molecule has 5 nitrogen and oxygen atoms in total. The van der Waals surface area contributed by atoms with Gasteiger partial charge >= 0.3 is 0 Å². The fourth-order valence-electron chi connectivity index (χ4n) is 3.86. The average Bonchev–Trinajstić information content (AvgIpc) is 2.64. The molecular formula is C22H27N3O2. The predicted molar refractivity (Wildman–Crippen MR) is 107 cm³/mol. The fraction of sp³-hybridized carbons (Fsp3) is 0.409. The molecule has 0 radical (unpaired) electrons. The molecule has 2 N–H and O–H groups in total. The second-order valence-electron chi connectivity index (χ2n) is 7.98. The van der Waals surface area contributed by atoms with Gasteiger partial charge in [0.15, 0.2) is 0 Å². The maximum absolute atomic E-state index is 10.9. The summed E-state index contributed by atoms with van der Waals surface area (Å²) >= 11 is 0. The van der Waals surface area contributed by atoms with Gasteiger partial charge in [-0.15, -0.1) is 0 Å². The number of hydrogen-bond donors (Lipinski definition) is 2. The Kier molecular flexibility index (Phi) is 4.76. The number of fused-ring (bicyclic) bond motifs is 2.